The Labute approximate surface area is 95.6 Å². The molecular formula is C13H18FNO. The molecule has 88 valence electrons. The van der Waals surface area contributed by atoms with Crippen molar-refractivity contribution in [1.29, 1.82) is 0 Å². The van der Waals surface area contributed by atoms with Gasteiger partial charge in [0, 0.05) is 12.0 Å². The van der Waals surface area contributed by atoms with Crippen molar-refractivity contribution in [2.24, 2.45) is 11.7 Å². The van der Waals surface area contributed by atoms with Gasteiger partial charge in [-0.05, 0) is 37.9 Å². The molecule has 1 aliphatic carbocycles. The molecule has 1 aromatic carbocycles. The van der Waals surface area contributed by atoms with Crippen LogP contribution in [0.2, 0.25) is 0 Å². The Morgan fingerprint density at radius 3 is 2.88 bits per heavy atom. The van der Waals surface area contributed by atoms with Crippen LogP contribution in [0.25, 0.3) is 0 Å². The summed E-state index contributed by atoms with van der Waals surface area (Å²) in [6, 6.07) is 6.33. The van der Waals surface area contributed by atoms with E-state index >= 15 is 0 Å². The molecule has 0 amide bonds. The van der Waals surface area contributed by atoms with Gasteiger partial charge in [-0.2, -0.15) is 0 Å². The van der Waals surface area contributed by atoms with E-state index in [-0.39, 0.29) is 11.9 Å². The second-order valence-corrected chi connectivity index (χ2v) is 4.39. The van der Waals surface area contributed by atoms with Gasteiger partial charge in [-0.1, -0.05) is 12.5 Å². The second-order valence-electron chi connectivity index (χ2n) is 4.39. The van der Waals surface area contributed by atoms with E-state index in [1.54, 1.807) is 12.1 Å². The van der Waals surface area contributed by atoms with Crippen molar-refractivity contribution in [2.45, 2.75) is 31.8 Å². The zero-order valence-electron chi connectivity index (χ0n) is 9.36. The van der Waals surface area contributed by atoms with E-state index in [4.69, 9.17) is 10.5 Å². The Morgan fingerprint density at radius 2 is 2.12 bits per heavy atom. The maximum absolute atomic E-state index is 13.0. The highest BCUT2D eigenvalue weighted by atomic mass is 19.1. The van der Waals surface area contributed by atoms with E-state index in [0.29, 0.717) is 18.2 Å². The van der Waals surface area contributed by atoms with E-state index in [0.717, 1.165) is 12.8 Å². The summed E-state index contributed by atoms with van der Waals surface area (Å²) in [5, 5.41) is 0. The van der Waals surface area contributed by atoms with Crippen LogP contribution in [0.1, 0.15) is 25.7 Å². The number of rotatable bonds is 3. The topological polar surface area (TPSA) is 35.2 Å². The molecule has 3 heteroatoms. The maximum atomic E-state index is 13.0. The summed E-state index contributed by atoms with van der Waals surface area (Å²) in [5.41, 5.74) is 5.72. The van der Waals surface area contributed by atoms with Crippen LogP contribution in [0.3, 0.4) is 0 Å². The van der Waals surface area contributed by atoms with E-state index in [1.807, 2.05) is 0 Å². The van der Waals surface area contributed by atoms with Gasteiger partial charge in [0.1, 0.15) is 17.7 Å². The number of halogens is 1. The van der Waals surface area contributed by atoms with Gasteiger partial charge in [-0.3, -0.25) is 0 Å². The fourth-order valence-corrected chi connectivity index (χ4v) is 2.31. The first-order valence-electron chi connectivity index (χ1n) is 5.92. The minimum Gasteiger partial charge on any atom is -0.490 e. The smallest absolute Gasteiger partial charge is 0.126 e. The number of ether oxygens (including phenoxy) is 1. The molecule has 0 aliphatic heterocycles. The third-order valence-electron chi connectivity index (χ3n) is 3.23. The molecule has 0 bridgehead atoms. The van der Waals surface area contributed by atoms with Crippen LogP contribution >= 0.6 is 0 Å². The summed E-state index contributed by atoms with van der Waals surface area (Å²) in [7, 11) is 0. The van der Waals surface area contributed by atoms with Gasteiger partial charge in [0.25, 0.3) is 0 Å². The minimum atomic E-state index is -0.252. The second kappa shape index (κ2) is 5.30. The van der Waals surface area contributed by atoms with Gasteiger partial charge in [0.05, 0.1) is 0 Å². The van der Waals surface area contributed by atoms with Crippen LogP contribution in [0.15, 0.2) is 24.3 Å². The zero-order chi connectivity index (χ0) is 11.4. The molecule has 2 atom stereocenters. The molecule has 0 saturated heterocycles. The van der Waals surface area contributed by atoms with Gasteiger partial charge in [0.15, 0.2) is 0 Å². The molecule has 1 aromatic rings. The van der Waals surface area contributed by atoms with Crippen molar-refractivity contribution in [3.63, 3.8) is 0 Å². The predicted molar refractivity (Wildman–Crippen MR) is 61.8 cm³/mol. The SMILES string of the molecule is NCC1CCCCC1Oc1cccc(F)c1. The van der Waals surface area contributed by atoms with E-state index in [9.17, 15) is 4.39 Å². The lowest BCUT2D eigenvalue weighted by atomic mass is 9.86. The van der Waals surface area contributed by atoms with Gasteiger partial charge in [-0.25, -0.2) is 4.39 Å². The minimum absolute atomic E-state index is 0.153. The summed E-state index contributed by atoms with van der Waals surface area (Å²) in [6.07, 6.45) is 4.71. The molecule has 2 rings (SSSR count). The Hall–Kier alpha value is -1.09. The fourth-order valence-electron chi connectivity index (χ4n) is 2.31. The molecule has 0 aromatic heterocycles. The molecule has 1 fully saturated rings. The number of nitrogens with two attached hydrogens (primary N) is 1. The predicted octanol–water partition coefficient (Wildman–Crippen LogP) is 2.72. The first-order chi connectivity index (χ1) is 7.79. The zero-order valence-corrected chi connectivity index (χ0v) is 9.36. The Balaban J connectivity index is 2.02. The standard InChI is InChI=1S/C13H18FNO/c14-11-5-3-6-12(8-11)16-13-7-2-1-4-10(13)9-15/h3,5-6,8,10,13H,1-2,4,7,9,15H2. The van der Waals surface area contributed by atoms with Crippen molar-refractivity contribution < 1.29 is 9.13 Å². The lowest BCUT2D eigenvalue weighted by Crippen LogP contribution is -2.35. The first-order valence-corrected chi connectivity index (χ1v) is 5.92. The Kier molecular flexibility index (Phi) is 3.78. The van der Waals surface area contributed by atoms with E-state index in [2.05, 4.69) is 0 Å². The molecule has 1 saturated carbocycles. The Bertz CT molecular complexity index is 342. The average Bonchev–Trinajstić information content (AvgIpc) is 2.30. The van der Waals surface area contributed by atoms with Crippen molar-refractivity contribution in [3.8, 4) is 5.75 Å². The highest BCUT2D eigenvalue weighted by Crippen LogP contribution is 2.27. The molecule has 0 radical (unpaired) electrons. The summed E-state index contributed by atoms with van der Waals surface area (Å²) in [6.45, 7) is 0.653. The largest absolute Gasteiger partial charge is 0.490 e. The molecule has 0 heterocycles. The lowest BCUT2D eigenvalue weighted by Gasteiger charge is -2.31. The van der Waals surface area contributed by atoms with E-state index in [1.165, 1.54) is 25.0 Å². The normalized spacial score (nSPS) is 25.4. The van der Waals surface area contributed by atoms with Crippen LogP contribution < -0.4 is 10.5 Å². The van der Waals surface area contributed by atoms with Crippen LogP contribution in [-0.2, 0) is 0 Å². The van der Waals surface area contributed by atoms with Crippen molar-refractivity contribution in [1.82, 2.24) is 0 Å². The summed E-state index contributed by atoms with van der Waals surface area (Å²) >= 11 is 0. The molecule has 0 spiro atoms. The monoisotopic (exact) mass is 223 g/mol. The van der Waals surface area contributed by atoms with Crippen LogP contribution in [0.5, 0.6) is 5.75 Å². The summed E-state index contributed by atoms with van der Waals surface area (Å²) in [4.78, 5) is 0. The Morgan fingerprint density at radius 1 is 1.31 bits per heavy atom. The number of benzene rings is 1. The quantitative estimate of drug-likeness (QED) is 0.855. The lowest BCUT2D eigenvalue weighted by molar-refractivity contribution is 0.0967. The summed E-state index contributed by atoms with van der Waals surface area (Å²) < 4.78 is 18.8. The van der Waals surface area contributed by atoms with Gasteiger partial charge >= 0.3 is 0 Å². The molecule has 2 N–H and O–H groups in total. The highest BCUT2D eigenvalue weighted by Gasteiger charge is 2.25. The van der Waals surface area contributed by atoms with E-state index < -0.39 is 0 Å². The molecule has 16 heavy (non-hydrogen) atoms. The van der Waals surface area contributed by atoms with Crippen LogP contribution in [-0.4, -0.2) is 12.6 Å². The van der Waals surface area contributed by atoms with Gasteiger partial charge in [-0.15, -0.1) is 0 Å². The number of hydrogen-bond donors (Lipinski definition) is 1. The first kappa shape index (κ1) is 11.4. The summed E-state index contributed by atoms with van der Waals surface area (Å²) in [5.74, 6) is 0.778. The third kappa shape index (κ3) is 2.73. The molecule has 2 nitrogen and oxygen atoms in total. The average molecular weight is 223 g/mol. The van der Waals surface area contributed by atoms with Crippen molar-refractivity contribution >= 4 is 0 Å². The van der Waals surface area contributed by atoms with Crippen LogP contribution in [0.4, 0.5) is 4.39 Å². The maximum Gasteiger partial charge on any atom is 0.126 e. The fraction of sp³-hybridized carbons (Fsp3) is 0.538. The van der Waals surface area contributed by atoms with Gasteiger partial charge in [0.2, 0.25) is 0 Å². The molecule has 2 unspecified atom stereocenters. The number of hydrogen-bond acceptors (Lipinski definition) is 2. The van der Waals surface area contributed by atoms with Crippen molar-refractivity contribution in [2.75, 3.05) is 6.54 Å². The van der Waals surface area contributed by atoms with Crippen LogP contribution in [0, 0.1) is 11.7 Å². The molecular weight excluding hydrogens is 205 g/mol. The highest BCUT2D eigenvalue weighted by molar-refractivity contribution is 5.22. The van der Waals surface area contributed by atoms with Crippen molar-refractivity contribution in [3.05, 3.63) is 30.1 Å². The third-order valence-corrected chi connectivity index (χ3v) is 3.23. The van der Waals surface area contributed by atoms with Gasteiger partial charge < -0.3 is 10.5 Å². The molecule has 1 aliphatic rings.